The van der Waals surface area contributed by atoms with Crippen molar-refractivity contribution in [2.75, 3.05) is 18.5 Å². The third-order valence-corrected chi connectivity index (χ3v) is 4.70. The standard InChI is InChI=1S/C24H21NO5/c1-2-28-20-10-6-5-9-19(20)25-22(26)15-30-23(27)13-17-14-29-21-12-11-16-7-3-4-8-18(16)24(17)21/h3-12,14H,2,13,15H2,1H3,(H,25,26). The molecule has 1 aromatic heterocycles. The van der Waals surface area contributed by atoms with E-state index in [1.807, 2.05) is 49.4 Å². The molecule has 0 unspecified atom stereocenters. The summed E-state index contributed by atoms with van der Waals surface area (Å²) in [5.41, 5.74) is 1.98. The number of carbonyl (C=O) groups excluding carboxylic acids is 2. The minimum absolute atomic E-state index is 0.0177. The Kier molecular flexibility index (Phi) is 5.66. The first kappa shape index (κ1) is 19.5. The van der Waals surface area contributed by atoms with Crippen LogP contribution >= 0.6 is 0 Å². The van der Waals surface area contributed by atoms with Crippen LogP contribution in [0.3, 0.4) is 0 Å². The Bertz CT molecular complexity index is 1210. The molecule has 0 atom stereocenters. The Morgan fingerprint density at radius 2 is 1.80 bits per heavy atom. The van der Waals surface area contributed by atoms with Crippen molar-refractivity contribution in [2.45, 2.75) is 13.3 Å². The Balaban J connectivity index is 1.41. The topological polar surface area (TPSA) is 77.8 Å². The van der Waals surface area contributed by atoms with Gasteiger partial charge >= 0.3 is 5.97 Å². The predicted molar refractivity (Wildman–Crippen MR) is 115 cm³/mol. The predicted octanol–water partition coefficient (Wildman–Crippen LogP) is 4.71. The van der Waals surface area contributed by atoms with Gasteiger partial charge in [0.2, 0.25) is 0 Å². The number of amides is 1. The summed E-state index contributed by atoms with van der Waals surface area (Å²) in [6.45, 7) is 1.97. The molecule has 6 nitrogen and oxygen atoms in total. The minimum Gasteiger partial charge on any atom is -0.492 e. The summed E-state index contributed by atoms with van der Waals surface area (Å²) in [4.78, 5) is 24.5. The van der Waals surface area contributed by atoms with Crippen LogP contribution < -0.4 is 10.1 Å². The Labute approximate surface area is 173 Å². The number of hydrogen-bond donors (Lipinski definition) is 1. The van der Waals surface area contributed by atoms with Crippen LogP contribution in [-0.4, -0.2) is 25.1 Å². The third kappa shape index (κ3) is 4.12. The highest BCUT2D eigenvalue weighted by molar-refractivity contribution is 6.08. The first-order valence-electron chi connectivity index (χ1n) is 9.71. The Hall–Kier alpha value is -3.80. The molecule has 30 heavy (non-hydrogen) atoms. The van der Waals surface area contributed by atoms with E-state index in [0.29, 0.717) is 23.6 Å². The molecule has 0 spiro atoms. The molecule has 1 amide bonds. The zero-order chi connectivity index (χ0) is 20.9. The van der Waals surface area contributed by atoms with E-state index in [0.717, 1.165) is 21.7 Å². The largest absolute Gasteiger partial charge is 0.492 e. The van der Waals surface area contributed by atoms with Gasteiger partial charge in [-0.3, -0.25) is 9.59 Å². The average Bonchev–Trinajstić information content (AvgIpc) is 3.17. The number of hydrogen-bond acceptors (Lipinski definition) is 5. The molecule has 3 aromatic carbocycles. The quantitative estimate of drug-likeness (QED) is 0.452. The molecule has 4 rings (SSSR count). The van der Waals surface area contributed by atoms with Crippen LogP contribution in [0.25, 0.3) is 21.7 Å². The SMILES string of the molecule is CCOc1ccccc1NC(=O)COC(=O)Cc1coc2ccc3ccccc3c12. The van der Waals surface area contributed by atoms with Crippen LogP contribution in [0.5, 0.6) is 5.75 Å². The smallest absolute Gasteiger partial charge is 0.310 e. The van der Waals surface area contributed by atoms with Crippen molar-refractivity contribution >= 4 is 39.3 Å². The number of para-hydroxylation sites is 2. The highest BCUT2D eigenvalue weighted by atomic mass is 16.5. The summed E-state index contributed by atoms with van der Waals surface area (Å²) in [7, 11) is 0. The molecule has 6 heteroatoms. The van der Waals surface area contributed by atoms with E-state index in [1.165, 1.54) is 0 Å². The van der Waals surface area contributed by atoms with Crippen LogP contribution in [0.4, 0.5) is 5.69 Å². The lowest BCUT2D eigenvalue weighted by Crippen LogP contribution is -2.22. The van der Waals surface area contributed by atoms with Crippen LogP contribution in [-0.2, 0) is 20.7 Å². The van der Waals surface area contributed by atoms with Crippen LogP contribution in [0, 0.1) is 0 Å². The number of anilines is 1. The molecule has 0 aliphatic rings. The van der Waals surface area contributed by atoms with Gasteiger partial charge in [0.1, 0.15) is 11.3 Å². The van der Waals surface area contributed by atoms with Gasteiger partial charge in [-0.2, -0.15) is 0 Å². The summed E-state index contributed by atoms with van der Waals surface area (Å²) in [6.07, 6.45) is 1.58. The summed E-state index contributed by atoms with van der Waals surface area (Å²) in [5.74, 6) is -0.367. The van der Waals surface area contributed by atoms with Gasteiger partial charge in [-0.25, -0.2) is 0 Å². The number of furan rings is 1. The Morgan fingerprint density at radius 1 is 1.00 bits per heavy atom. The van der Waals surface area contributed by atoms with Gasteiger partial charge in [-0.05, 0) is 35.9 Å². The molecule has 0 fully saturated rings. The molecular formula is C24H21NO5. The van der Waals surface area contributed by atoms with Gasteiger partial charge in [0.15, 0.2) is 6.61 Å². The highest BCUT2D eigenvalue weighted by Crippen LogP contribution is 2.30. The molecule has 0 bridgehead atoms. The van der Waals surface area contributed by atoms with Crippen molar-refractivity contribution in [3.8, 4) is 5.75 Å². The van der Waals surface area contributed by atoms with Gasteiger partial charge in [0.25, 0.3) is 5.91 Å². The van der Waals surface area contributed by atoms with Gasteiger partial charge in [-0.1, -0.05) is 42.5 Å². The van der Waals surface area contributed by atoms with Crippen molar-refractivity contribution in [3.05, 3.63) is 72.5 Å². The number of nitrogens with one attached hydrogen (secondary N) is 1. The second-order valence-electron chi connectivity index (χ2n) is 6.74. The van der Waals surface area contributed by atoms with Crippen molar-refractivity contribution in [1.29, 1.82) is 0 Å². The molecule has 4 aromatic rings. The second-order valence-corrected chi connectivity index (χ2v) is 6.74. The van der Waals surface area contributed by atoms with Crippen LogP contribution in [0.1, 0.15) is 12.5 Å². The maximum absolute atomic E-state index is 12.3. The first-order chi connectivity index (χ1) is 14.7. The van der Waals surface area contributed by atoms with Crippen molar-refractivity contribution < 1.29 is 23.5 Å². The Morgan fingerprint density at radius 3 is 2.67 bits per heavy atom. The summed E-state index contributed by atoms with van der Waals surface area (Å²) >= 11 is 0. The van der Waals surface area contributed by atoms with Crippen molar-refractivity contribution in [3.63, 3.8) is 0 Å². The van der Waals surface area contributed by atoms with E-state index in [2.05, 4.69) is 5.32 Å². The van der Waals surface area contributed by atoms with E-state index in [1.54, 1.807) is 24.5 Å². The molecule has 0 aliphatic heterocycles. The number of ether oxygens (including phenoxy) is 2. The maximum Gasteiger partial charge on any atom is 0.310 e. The van der Waals surface area contributed by atoms with Crippen molar-refractivity contribution in [1.82, 2.24) is 0 Å². The fourth-order valence-electron chi connectivity index (χ4n) is 3.39. The van der Waals surface area contributed by atoms with Gasteiger partial charge in [-0.15, -0.1) is 0 Å². The van der Waals surface area contributed by atoms with Crippen molar-refractivity contribution in [2.24, 2.45) is 0 Å². The summed E-state index contributed by atoms with van der Waals surface area (Å²) < 4.78 is 16.3. The molecule has 0 aliphatic carbocycles. The molecule has 0 saturated heterocycles. The second kappa shape index (κ2) is 8.69. The molecular weight excluding hydrogens is 382 g/mol. The fourth-order valence-corrected chi connectivity index (χ4v) is 3.39. The molecule has 0 saturated carbocycles. The first-order valence-corrected chi connectivity index (χ1v) is 9.71. The van der Waals surface area contributed by atoms with Crippen LogP contribution in [0.15, 0.2) is 71.3 Å². The van der Waals surface area contributed by atoms with E-state index < -0.39 is 11.9 Å². The highest BCUT2D eigenvalue weighted by Gasteiger charge is 2.15. The van der Waals surface area contributed by atoms with E-state index in [-0.39, 0.29) is 13.0 Å². The molecule has 1 heterocycles. The molecule has 0 radical (unpaired) electrons. The fraction of sp³-hybridized carbons (Fsp3) is 0.167. The molecule has 1 N–H and O–H groups in total. The number of carbonyl (C=O) groups is 2. The number of esters is 1. The number of fused-ring (bicyclic) bond motifs is 3. The average molecular weight is 403 g/mol. The van der Waals surface area contributed by atoms with Gasteiger partial charge in [0.05, 0.1) is 25.0 Å². The van der Waals surface area contributed by atoms with E-state index in [9.17, 15) is 9.59 Å². The summed E-state index contributed by atoms with van der Waals surface area (Å²) in [5, 5.41) is 5.67. The number of rotatable bonds is 7. The lowest BCUT2D eigenvalue weighted by Gasteiger charge is -2.11. The lowest BCUT2D eigenvalue weighted by molar-refractivity contribution is -0.146. The minimum atomic E-state index is -0.501. The maximum atomic E-state index is 12.3. The van der Waals surface area contributed by atoms with Gasteiger partial charge < -0.3 is 19.2 Å². The van der Waals surface area contributed by atoms with Gasteiger partial charge in [0, 0.05) is 10.9 Å². The monoisotopic (exact) mass is 403 g/mol. The van der Waals surface area contributed by atoms with Crippen LogP contribution in [0.2, 0.25) is 0 Å². The molecule has 152 valence electrons. The lowest BCUT2D eigenvalue weighted by atomic mass is 10.0. The normalized spacial score (nSPS) is 10.8. The third-order valence-electron chi connectivity index (χ3n) is 4.70. The number of benzene rings is 3. The zero-order valence-electron chi connectivity index (χ0n) is 16.5. The van der Waals surface area contributed by atoms with E-state index in [4.69, 9.17) is 13.9 Å². The summed E-state index contributed by atoms with van der Waals surface area (Å²) in [6, 6.07) is 18.9. The zero-order valence-corrected chi connectivity index (χ0v) is 16.5. The van der Waals surface area contributed by atoms with E-state index >= 15 is 0 Å².